The van der Waals surface area contributed by atoms with Crippen molar-refractivity contribution in [1.82, 2.24) is 20.0 Å². The molecule has 0 aliphatic carbocycles. The van der Waals surface area contributed by atoms with E-state index in [9.17, 15) is 0 Å². The van der Waals surface area contributed by atoms with Crippen molar-refractivity contribution in [1.29, 1.82) is 0 Å². The zero-order valence-electron chi connectivity index (χ0n) is 15.4. The van der Waals surface area contributed by atoms with Crippen LogP contribution >= 0.6 is 0 Å². The van der Waals surface area contributed by atoms with Gasteiger partial charge < -0.3 is 14.2 Å². The third kappa shape index (κ3) is 2.81. The largest absolute Gasteiger partial charge is 0.376 e. The smallest absolute Gasteiger partial charge is 0.225 e. The highest BCUT2D eigenvalue weighted by Gasteiger charge is 2.45. The minimum atomic E-state index is -0.0414. The quantitative estimate of drug-likeness (QED) is 0.842. The summed E-state index contributed by atoms with van der Waals surface area (Å²) in [5.74, 6) is 1.68. The molecule has 1 spiro atoms. The molecule has 2 aromatic rings. The van der Waals surface area contributed by atoms with Gasteiger partial charge in [-0.05, 0) is 26.8 Å². The van der Waals surface area contributed by atoms with Gasteiger partial charge in [-0.3, -0.25) is 4.90 Å². The van der Waals surface area contributed by atoms with Crippen LogP contribution in [-0.4, -0.2) is 53.8 Å². The second kappa shape index (κ2) is 6.07. The first kappa shape index (κ1) is 16.5. The number of rotatable bonds is 3. The fourth-order valence-corrected chi connectivity index (χ4v) is 3.96. The molecule has 0 radical (unpaired) electrons. The maximum Gasteiger partial charge on any atom is 0.225 e. The Bertz CT molecular complexity index is 768. The molecule has 4 rings (SSSR count). The number of anilines is 1. The number of likely N-dealkylation sites (tertiary alicyclic amines) is 1. The molecule has 0 bridgehead atoms. The van der Waals surface area contributed by atoms with Crippen LogP contribution in [-0.2, 0) is 23.3 Å². The Balaban J connectivity index is 1.61. The highest BCUT2D eigenvalue weighted by Crippen LogP contribution is 2.40. The van der Waals surface area contributed by atoms with E-state index in [4.69, 9.17) is 14.2 Å². The summed E-state index contributed by atoms with van der Waals surface area (Å²) >= 11 is 0. The van der Waals surface area contributed by atoms with Crippen LogP contribution < -0.4 is 4.90 Å². The molecule has 1 saturated heterocycles. The Morgan fingerprint density at radius 3 is 2.88 bits per heavy atom. The maximum atomic E-state index is 5.91. The van der Waals surface area contributed by atoms with E-state index in [-0.39, 0.29) is 5.41 Å². The van der Waals surface area contributed by atoms with E-state index in [1.165, 1.54) is 11.3 Å². The molecular weight excluding hydrogens is 318 g/mol. The lowest BCUT2D eigenvalue weighted by atomic mass is 9.80. The summed E-state index contributed by atoms with van der Waals surface area (Å²) in [6, 6.07) is 0. The molecular formula is C18H25N5O2. The molecule has 0 aromatic carbocycles. The average Bonchev–Trinajstić information content (AvgIpc) is 3.14. The van der Waals surface area contributed by atoms with Crippen LogP contribution in [0.2, 0.25) is 0 Å². The highest BCUT2D eigenvalue weighted by atomic mass is 16.5. The molecule has 0 amide bonds. The summed E-state index contributed by atoms with van der Waals surface area (Å²) in [6.45, 7) is 8.15. The molecule has 1 fully saturated rings. The molecule has 2 aromatic heterocycles. The molecule has 0 N–H and O–H groups in total. The predicted molar refractivity (Wildman–Crippen MR) is 93.6 cm³/mol. The number of hydrogen-bond acceptors (Lipinski definition) is 7. The van der Waals surface area contributed by atoms with Gasteiger partial charge in [0.2, 0.25) is 5.95 Å². The van der Waals surface area contributed by atoms with Gasteiger partial charge in [0.25, 0.3) is 0 Å². The first-order valence-electron chi connectivity index (χ1n) is 8.74. The van der Waals surface area contributed by atoms with E-state index in [1.54, 1.807) is 0 Å². The van der Waals surface area contributed by atoms with Gasteiger partial charge in [-0.1, -0.05) is 5.16 Å². The molecule has 134 valence electrons. The van der Waals surface area contributed by atoms with E-state index in [2.05, 4.69) is 15.0 Å². The maximum absolute atomic E-state index is 5.91. The zero-order valence-corrected chi connectivity index (χ0v) is 15.4. The Hall–Kier alpha value is -1.99. The standard InChI is InChI=1S/C18H25N5O2/c1-12-15(13(2)25-21-12)8-23-6-5-18(10-23)11-24-9-14-7-19-17(22(3)4)20-16(14)18/h7H,5-6,8-11H2,1-4H3/t18-/m0/s1. The SMILES string of the molecule is Cc1noc(C)c1CN1CC[C@@]2(COCc3cnc(N(C)C)nc32)C1. The Kier molecular flexibility index (Phi) is 4.00. The number of aromatic nitrogens is 3. The van der Waals surface area contributed by atoms with E-state index < -0.39 is 0 Å². The number of fused-ring (bicyclic) bond motifs is 2. The average molecular weight is 343 g/mol. The van der Waals surface area contributed by atoms with Crippen molar-refractivity contribution in [3.8, 4) is 0 Å². The molecule has 2 aliphatic heterocycles. The van der Waals surface area contributed by atoms with Gasteiger partial charge in [0.1, 0.15) is 5.76 Å². The first-order valence-corrected chi connectivity index (χ1v) is 8.74. The van der Waals surface area contributed by atoms with Crippen molar-refractivity contribution >= 4 is 5.95 Å². The Morgan fingerprint density at radius 1 is 1.32 bits per heavy atom. The van der Waals surface area contributed by atoms with Crippen LogP contribution in [0.5, 0.6) is 0 Å². The molecule has 0 unspecified atom stereocenters. The van der Waals surface area contributed by atoms with Gasteiger partial charge in [-0.15, -0.1) is 0 Å². The zero-order chi connectivity index (χ0) is 17.6. The Labute approximate surface area is 148 Å². The lowest BCUT2D eigenvalue weighted by Crippen LogP contribution is -2.40. The third-order valence-electron chi connectivity index (χ3n) is 5.39. The van der Waals surface area contributed by atoms with Gasteiger partial charge >= 0.3 is 0 Å². The first-order chi connectivity index (χ1) is 12.0. The van der Waals surface area contributed by atoms with Crippen LogP contribution in [0, 0.1) is 13.8 Å². The molecule has 1 atom stereocenters. The Morgan fingerprint density at radius 2 is 2.16 bits per heavy atom. The number of nitrogens with zero attached hydrogens (tertiary/aromatic N) is 5. The topological polar surface area (TPSA) is 67.5 Å². The van der Waals surface area contributed by atoms with Crippen LogP contribution in [0.4, 0.5) is 5.95 Å². The summed E-state index contributed by atoms with van der Waals surface area (Å²) in [7, 11) is 3.96. The van der Waals surface area contributed by atoms with E-state index in [0.29, 0.717) is 6.61 Å². The van der Waals surface area contributed by atoms with Crippen molar-refractivity contribution in [2.75, 3.05) is 38.7 Å². The molecule has 25 heavy (non-hydrogen) atoms. The minimum absolute atomic E-state index is 0.0414. The van der Waals surface area contributed by atoms with Gasteiger partial charge in [-0.2, -0.15) is 0 Å². The summed E-state index contributed by atoms with van der Waals surface area (Å²) < 4.78 is 11.2. The van der Waals surface area contributed by atoms with Gasteiger partial charge in [-0.25, -0.2) is 9.97 Å². The minimum Gasteiger partial charge on any atom is -0.376 e. The van der Waals surface area contributed by atoms with E-state index >= 15 is 0 Å². The summed E-state index contributed by atoms with van der Waals surface area (Å²) in [6.07, 6.45) is 2.97. The van der Waals surface area contributed by atoms with E-state index in [1.807, 2.05) is 39.0 Å². The van der Waals surface area contributed by atoms with Crippen LogP contribution in [0.25, 0.3) is 0 Å². The van der Waals surface area contributed by atoms with E-state index in [0.717, 1.165) is 55.6 Å². The summed E-state index contributed by atoms with van der Waals surface area (Å²) in [5, 5.41) is 4.08. The predicted octanol–water partition coefficient (Wildman–Crippen LogP) is 1.82. The fourth-order valence-electron chi connectivity index (χ4n) is 3.96. The van der Waals surface area contributed by atoms with Gasteiger partial charge in [0.15, 0.2) is 0 Å². The molecule has 4 heterocycles. The fraction of sp³-hybridized carbons (Fsp3) is 0.611. The van der Waals surface area contributed by atoms with Gasteiger partial charge in [0.05, 0.1) is 30.0 Å². The lowest BCUT2D eigenvalue weighted by molar-refractivity contribution is 0.0502. The molecule has 7 nitrogen and oxygen atoms in total. The normalized spacial score (nSPS) is 23.2. The second-order valence-corrected chi connectivity index (χ2v) is 7.47. The molecule has 7 heteroatoms. The third-order valence-corrected chi connectivity index (χ3v) is 5.39. The second-order valence-electron chi connectivity index (χ2n) is 7.47. The lowest BCUT2D eigenvalue weighted by Gasteiger charge is -2.34. The molecule has 0 saturated carbocycles. The van der Waals surface area contributed by atoms with Crippen LogP contribution in [0.15, 0.2) is 10.7 Å². The van der Waals surface area contributed by atoms with Crippen molar-refractivity contribution in [3.05, 3.63) is 34.5 Å². The van der Waals surface area contributed by atoms with Crippen molar-refractivity contribution in [3.63, 3.8) is 0 Å². The highest BCUT2D eigenvalue weighted by molar-refractivity contribution is 5.37. The number of hydrogen-bond donors (Lipinski definition) is 0. The van der Waals surface area contributed by atoms with Crippen molar-refractivity contribution < 1.29 is 9.26 Å². The number of ether oxygens (including phenoxy) is 1. The van der Waals surface area contributed by atoms with Crippen molar-refractivity contribution in [2.24, 2.45) is 0 Å². The van der Waals surface area contributed by atoms with Crippen molar-refractivity contribution in [2.45, 2.75) is 38.8 Å². The summed E-state index contributed by atoms with van der Waals surface area (Å²) in [5.41, 5.74) is 4.43. The summed E-state index contributed by atoms with van der Waals surface area (Å²) in [4.78, 5) is 13.8. The van der Waals surface area contributed by atoms with Crippen LogP contribution in [0.1, 0.15) is 34.7 Å². The number of aryl methyl sites for hydroxylation is 2. The van der Waals surface area contributed by atoms with Crippen LogP contribution in [0.3, 0.4) is 0 Å². The monoisotopic (exact) mass is 343 g/mol. The van der Waals surface area contributed by atoms with Gasteiger partial charge in [0, 0.05) is 44.5 Å². The molecule has 2 aliphatic rings.